The number of aryl methyl sites for hydroxylation is 1. The summed E-state index contributed by atoms with van der Waals surface area (Å²) in [5, 5.41) is 0.320. The maximum atomic E-state index is 6.72. The monoisotopic (exact) mass is 333 g/mol. The first-order chi connectivity index (χ1) is 10.8. The van der Waals surface area contributed by atoms with Crippen molar-refractivity contribution in [1.82, 2.24) is 4.98 Å². The third-order valence-corrected chi connectivity index (χ3v) is 10.1. The Bertz CT molecular complexity index is 462. The SMILES string of the molecule is CC(C)(C)[Si](C)(C)OC(CCCCCc1cccnc1)C1CC1. The van der Waals surface area contributed by atoms with E-state index in [1.807, 2.05) is 18.5 Å². The molecule has 0 saturated heterocycles. The first kappa shape index (κ1) is 18.7. The molecule has 1 aromatic rings. The van der Waals surface area contributed by atoms with Crippen LogP contribution in [0.15, 0.2) is 24.5 Å². The van der Waals surface area contributed by atoms with Crippen LogP contribution in [-0.2, 0) is 10.8 Å². The van der Waals surface area contributed by atoms with E-state index in [9.17, 15) is 0 Å². The fourth-order valence-corrected chi connectivity index (χ4v) is 4.23. The molecule has 1 unspecified atom stereocenters. The van der Waals surface area contributed by atoms with E-state index in [0.717, 1.165) is 12.3 Å². The van der Waals surface area contributed by atoms with Crippen molar-refractivity contribution in [2.75, 3.05) is 0 Å². The molecule has 1 heterocycles. The van der Waals surface area contributed by atoms with Crippen LogP contribution in [0.25, 0.3) is 0 Å². The summed E-state index contributed by atoms with van der Waals surface area (Å²) in [7, 11) is -1.62. The number of aromatic nitrogens is 1. The van der Waals surface area contributed by atoms with Gasteiger partial charge in [-0.3, -0.25) is 4.98 Å². The normalized spacial score (nSPS) is 17.3. The van der Waals surface area contributed by atoms with Crippen molar-refractivity contribution in [1.29, 1.82) is 0 Å². The van der Waals surface area contributed by atoms with Crippen molar-refractivity contribution in [3.8, 4) is 0 Å². The highest BCUT2D eigenvalue weighted by Gasteiger charge is 2.42. The minimum absolute atomic E-state index is 0.320. The summed E-state index contributed by atoms with van der Waals surface area (Å²) < 4.78 is 6.72. The molecular weight excluding hydrogens is 298 g/mol. The van der Waals surface area contributed by atoms with Crippen molar-refractivity contribution < 1.29 is 4.43 Å². The van der Waals surface area contributed by atoms with Gasteiger partial charge < -0.3 is 4.43 Å². The molecule has 0 N–H and O–H groups in total. The molecule has 1 aliphatic carbocycles. The van der Waals surface area contributed by atoms with Gasteiger partial charge >= 0.3 is 0 Å². The Labute approximate surface area is 144 Å². The standard InChI is InChI=1S/C20H35NOSi/c1-20(2,3)23(4,5)22-19(18-13-14-18)12-8-6-7-10-17-11-9-15-21-16-17/h9,11,15-16,18-19H,6-8,10,12-14H2,1-5H3. The number of nitrogens with zero attached hydrogens (tertiary/aromatic N) is 1. The molecule has 0 spiro atoms. The largest absolute Gasteiger partial charge is 0.414 e. The van der Waals surface area contributed by atoms with E-state index in [1.165, 1.54) is 44.1 Å². The lowest BCUT2D eigenvalue weighted by atomic mass is 10.0. The average Bonchev–Trinajstić information content (AvgIpc) is 3.30. The molecule has 1 aliphatic rings. The summed E-state index contributed by atoms with van der Waals surface area (Å²) >= 11 is 0. The molecule has 0 radical (unpaired) electrons. The molecule has 130 valence electrons. The molecule has 1 atom stereocenters. The fraction of sp³-hybridized carbons (Fsp3) is 0.750. The average molecular weight is 334 g/mol. The highest BCUT2D eigenvalue weighted by Crippen LogP contribution is 2.43. The van der Waals surface area contributed by atoms with Crippen molar-refractivity contribution >= 4 is 8.32 Å². The summed E-state index contributed by atoms with van der Waals surface area (Å²) in [6.45, 7) is 11.8. The molecule has 2 nitrogen and oxygen atoms in total. The zero-order chi connectivity index (χ0) is 16.9. The molecule has 1 aromatic heterocycles. The minimum atomic E-state index is -1.62. The van der Waals surface area contributed by atoms with Gasteiger partial charge in [0.25, 0.3) is 0 Å². The Morgan fingerprint density at radius 3 is 2.52 bits per heavy atom. The zero-order valence-corrected chi connectivity index (χ0v) is 16.8. The lowest BCUT2D eigenvalue weighted by Gasteiger charge is -2.39. The summed E-state index contributed by atoms with van der Waals surface area (Å²) in [4.78, 5) is 4.19. The van der Waals surface area contributed by atoms with Gasteiger partial charge in [-0.15, -0.1) is 0 Å². The molecule has 23 heavy (non-hydrogen) atoms. The third kappa shape index (κ3) is 6.04. The number of pyridine rings is 1. The van der Waals surface area contributed by atoms with Gasteiger partial charge in [-0.05, 0) is 67.8 Å². The molecule has 0 aliphatic heterocycles. The molecule has 0 bridgehead atoms. The molecule has 2 rings (SSSR count). The first-order valence-electron chi connectivity index (χ1n) is 9.36. The van der Waals surface area contributed by atoms with E-state index < -0.39 is 8.32 Å². The predicted molar refractivity (Wildman–Crippen MR) is 101 cm³/mol. The molecule has 1 fully saturated rings. The molecule has 3 heteroatoms. The number of unbranched alkanes of at least 4 members (excludes halogenated alkanes) is 2. The van der Waals surface area contributed by atoms with Crippen LogP contribution >= 0.6 is 0 Å². The Morgan fingerprint density at radius 1 is 1.22 bits per heavy atom. The second kappa shape index (κ2) is 7.93. The molecule has 0 aromatic carbocycles. The van der Waals surface area contributed by atoms with Crippen molar-refractivity contribution in [3.63, 3.8) is 0 Å². The second-order valence-corrected chi connectivity index (χ2v) is 13.5. The lowest BCUT2D eigenvalue weighted by Crippen LogP contribution is -2.44. The highest BCUT2D eigenvalue weighted by molar-refractivity contribution is 6.74. The van der Waals surface area contributed by atoms with Gasteiger partial charge in [-0.1, -0.05) is 39.7 Å². The van der Waals surface area contributed by atoms with Gasteiger partial charge in [0.15, 0.2) is 8.32 Å². The number of rotatable bonds is 9. The van der Waals surface area contributed by atoms with Crippen LogP contribution in [0.5, 0.6) is 0 Å². The van der Waals surface area contributed by atoms with E-state index in [1.54, 1.807) is 0 Å². The Balaban J connectivity index is 1.71. The van der Waals surface area contributed by atoms with Gasteiger partial charge in [-0.2, -0.15) is 0 Å². The topological polar surface area (TPSA) is 22.1 Å². The summed E-state index contributed by atoms with van der Waals surface area (Å²) in [6.07, 6.45) is 13.4. The third-order valence-electron chi connectivity index (χ3n) is 5.58. The minimum Gasteiger partial charge on any atom is -0.414 e. The number of hydrogen-bond acceptors (Lipinski definition) is 2. The van der Waals surface area contributed by atoms with E-state index >= 15 is 0 Å². The van der Waals surface area contributed by atoms with Crippen LogP contribution in [0.1, 0.15) is 64.9 Å². The highest BCUT2D eigenvalue weighted by atomic mass is 28.4. The smallest absolute Gasteiger partial charge is 0.192 e. The van der Waals surface area contributed by atoms with Gasteiger partial charge in [-0.25, -0.2) is 0 Å². The Kier molecular flexibility index (Phi) is 6.44. The second-order valence-electron chi connectivity index (χ2n) is 8.71. The van der Waals surface area contributed by atoms with Crippen LogP contribution in [0, 0.1) is 5.92 Å². The maximum absolute atomic E-state index is 6.72. The zero-order valence-electron chi connectivity index (χ0n) is 15.8. The van der Waals surface area contributed by atoms with E-state index in [4.69, 9.17) is 4.43 Å². The van der Waals surface area contributed by atoms with Crippen molar-refractivity contribution in [2.45, 2.75) is 90.0 Å². The van der Waals surface area contributed by atoms with Crippen LogP contribution in [0.4, 0.5) is 0 Å². The summed E-state index contributed by atoms with van der Waals surface area (Å²) in [5.74, 6) is 0.849. The van der Waals surface area contributed by atoms with E-state index in [0.29, 0.717) is 11.1 Å². The van der Waals surface area contributed by atoms with E-state index in [-0.39, 0.29) is 0 Å². The number of hydrogen-bond donors (Lipinski definition) is 0. The Morgan fingerprint density at radius 2 is 1.96 bits per heavy atom. The summed E-state index contributed by atoms with van der Waals surface area (Å²) in [5.41, 5.74) is 1.36. The molecule has 1 saturated carbocycles. The van der Waals surface area contributed by atoms with Gasteiger partial charge in [0.2, 0.25) is 0 Å². The van der Waals surface area contributed by atoms with Gasteiger partial charge in [0.05, 0.1) is 0 Å². The van der Waals surface area contributed by atoms with Crippen LogP contribution in [0.2, 0.25) is 18.1 Å². The summed E-state index contributed by atoms with van der Waals surface area (Å²) in [6, 6.07) is 4.21. The molecule has 0 amide bonds. The predicted octanol–water partition coefficient (Wildman–Crippen LogP) is 5.98. The van der Waals surface area contributed by atoms with Crippen molar-refractivity contribution in [2.24, 2.45) is 5.92 Å². The maximum Gasteiger partial charge on any atom is 0.192 e. The van der Waals surface area contributed by atoms with Gasteiger partial charge in [0, 0.05) is 18.5 Å². The lowest BCUT2D eigenvalue weighted by molar-refractivity contribution is 0.145. The van der Waals surface area contributed by atoms with E-state index in [2.05, 4.69) is 44.9 Å². The fourth-order valence-electron chi connectivity index (χ4n) is 2.81. The van der Waals surface area contributed by atoms with Crippen LogP contribution < -0.4 is 0 Å². The Hall–Kier alpha value is -0.673. The first-order valence-corrected chi connectivity index (χ1v) is 12.3. The quantitative estimate of drug-likeness (QED) is 0.409. The van der Waals surface area contributed by atoms with Crippen molar-refractivity contribution in [3.05, 3.63) is 30.1 Å². The van der Waals surface area contributed by atoms with Gasteiger partial charge in [0.1, 0.15) is 0 Å². The van der Waals surface area contributed by atoms with Crippen LogP contribution in [-0.4, -0.2) is 19.4 Å². The van der Waals surface area contributed by atoms with Crippen LogP contribution in [0.3, 0.4) is 0 Å². The molecular formula is C20H35NOSi.